The zero-order chi connectivity index (χ0) is 13.4. The number of piperidine rings is 1. The highest BCUT2D eigenvalue weighted by Crippen LogP contribution is 2.29. The highest BCUT2D eigenvalue weighted by molar-refractivity contribution is 5.85. The topological polar surface area (TPSA) is 70.6 Å². The van der Waals surface area contributed by atoms with Crippen molar-refractivity contribution in [3.8, 4) is 0 Å². The summed E-state index contributed by atoms with van der Waals surface area (Å²) in [5.41, 5.74) is -0.392. The van der Waals surface area contributed by atoms with Crippen LogP contribution in [-0.2, 0) is 9.53 Å². The van der Waals surface area contributed by atoms with Gasteiger partial charge in [-0.25, -0.2) is 0 Å². The van der Waals surface area contributed by atoms with Crippen LogP contribution in [0, 0.1) is 5.41 Å². The number of rotatable bonds is 7. The second kappa shape index (κ2) is 9.53. The van der Waals surface area contributed by atoms with E-state index >= 15 is 0 Å². The second-order valence-electron chi connectivity index (χ2n) is 5.07. The van der Waals surface area contributed by atoms with E-state index in [4.69, 9.17) is 4.74 Å². The molecule has 0 aromatic carbocycles. The van der Waals surface area contributed by atoms with Crippen molar-refractivity contribution in [1.82, 2.24) is 10.6 Å². The Hall–Kier alpha value is -0.360. The van der Waals surface area contributed by atoms with E-state index in [2.05, 4.69) is 10.6 Å². The fourth-order valence-electron chi connectivity index (χ4n) is 2.36. The highest BCUT2D eigenvalue weighted by atomic mass is 35.5. The third-order valence-electron chi connectivity index (χ3n) is 3.70. The largest absolute Gasteiger partial charge is 0.393 e. The summed E-state index contributed by atoms with van der Waals surface area (Å²) in [7, 11) is 1.64. The summed E-state index contributed by atoms with van der Waals surface area (Å²) in [6.45, 7) is 4.65. The van der Waals surface area contributed by atoms with Crippen molar-refractivity contribution in [1.29, 1.82) is 0 Å². The van der Waals surface area contributed by atoms with E-state index in [0.717, 1.165) is 32.4 Å². The molecule has 0 saturated carbocycles. The van der Waals surface area contributed by atoms with Crippen LogP contribution in [0.1, 0.15) is 32.6 Å². The molecule has 0 spiro atoms. The number of amides is 1. The van der Waals surface area contributed by atoms with Crippen molar-refractivity contribution < 1.29 is 14.6 Å². The quantitative estimate of drug-likeness (QED) is 0.646. The van der Waals surface area contributed by atoms with E-state index < -0.39 is 5.41 Å². The average Bonchev–Trinajstić information content (AvgIpc) is 2.39. The van der Waals surface area contributed by atoms with Crippen LogP contribution in [0.5, 0.6) is 0 Å². The number of nitrogens with one attached hydrogen (secondary N) is 2. The fourth-order valence-corrected chi connectivity index (χ4v) is 2.36. The first-order chi connectivity index (χ1) is 8.64. The molecule has 0 aromatic rings. The first-order valence-corrected chi connectivity index (χ1v) is 6.80. The third kappa shape index (κ3) is 5.65. The standard InChI is InChI=1S/C13H26N2O3.ClH/c1-3-11(16)4-7-15-12(17)13(10-18-2)5-8-14-9-6-13;/h11,14,16H,3-10H2,1-2H3,(H,15,17);1H. The minimum absolute atomic E-state index is 0. The van der Waals surface area contributed by atoms with Crippen LogP contribution in [0.2, 0.25) is 0 Å². The summed E-state index contributed by atoms with van der Waals surface area (Å²) in [6, 6.07) is 0. The van der Waals surface area contributed by atoms with Crippen molar-refractivity contribution in [3.63, 3.8) is 0 Å². The predicted molar refractivity (Wildman–Crippen MR) is 77.6 cm³/mol. The van der Waals surface area contributed by atoms with Crippen molar-refractivity contribution in [2.45, 2.75) is 38.7 Å². The number of methoxy groups -OCH3 is 1. The van der Waals surface area contributed by atoms with Gasteiger partial charge in [0.05, 0.1) is 18.1 Å². The fraction of sp³-hybridized carbons (Fsp3) is 0.923. The molecule has 1 atom stereocenters. The van der Waals surface area contributed by atoms with Crippen LogP contribution in [0.15, 0.2) is 0 Å². The van der Waals surface area contributed by atoms with Gasteiger partial charge in [0.15, 0.2) is 0 Å². The van der Waals surface area contributed by atoms with Crippen molar-refractivity contribution >= 4 is 18.3 Å². The van der Waals surface area contributed by atoms with E-state index in [-0.39, 0.29) is 24.4 Å². The first kappa shape index (κ1) is 18.6. The number of carbonyl (C=O) groups is 1. The predicted octanol–water partition coefficient (Wildman–Crippen LogP) is 0.702. The van der Waals surface area contributed by atoms with Gasteiger partial charge in [0, 0.05) is 13.7 Å². The van der Waals surface area contributed by atoms with Gasteiger partial charge in [-0.2, -0.15) is 0 Å². The number of ether oxygens (including phenoxy) is 1. The smallest absolute Gasteiger partial charge is 0.228 e. The van der Waals surface area contributed by atoms with Crippen molar-refractivity contribution in [3.05, 3.63) is 0 Å². The first-order valence-electron chi connectivity index (χ1n) is 6.80. The minimum Gasteiger partial charge on any atom is -0.393 e. The van der Waals surface area contributed by atoms with Crippen LogP contribution < -0.4 is 10.6 Å². The molecule has 3 N–H and O–H groups in total. The molecular weight excluding hydrogens is 268 g/mol. The van der Waals surface area contributed by atoms with Crippen molar-refractivity contribution in [2.24, 2.45) is 5.41 Å². The van der Waals surface area contributed by atoms with Gasteiger partial charge in [-0.1, -0.05) is 6.92 Å². The Bertz CT molecular complexity index is 253. The lowest BCUT2D eigenvalue weighted by Gasteiger charge is -2.35. The molecule has 0 aliphatic carbocycles. The lowest BCUT2D eigenvalue weighted by atomic mass is 9.78. The Kier molecular flexibility index (Phi) is 9.35. The average molecular weight is 295 g/mol. The summed E-state index contributed by atoms with van der Waals surface area (Å²) < 4.78 is 5.22. The van der Waals surface area contributed by atoms with Gasteiger partial charge in [-0.05, 0) is 38.8 Å². The maximum atomic E-state index is 12.3. The Morgan fingerprint density at radius 1 is 1.47 bits per heavy atom. The Morgan fingerprint density at radius 2 is 2.11 bits per heavy atom. The van der Waals surface area contributed by atoms with Gasteiger partial charge < -0.3 is 20.5 Å². The summed E-state index contributed by atoms with van der Waals surface area (Å²) in [4.78, 5) is 12.3. The summed E-state index contributed by atoms with van der Waals surface area (Å²) in [5.74, 6) is 0.0640. The van der Waals surface area contributed by atoms with Crippen LogP contribution in [0.4, 0.5) is 0 Å². The number of carbonyl (C=O) groups excluding carboxylic acids is 1. The molecule has 1 aliphatic heterocycles. The molecule has 1 rings (SSSR count). The Balaban J connectivity index is 0.00000324. The van der Waals surface area contributed by atoms with E-state index in [1.54, 1.807) is 7.11 Å². The number of aliphatic hydroxyl groups excluding tert-OH is 1. The van der Waals surface area contributed by atoms with Gasteiger partial charge >= 0.3 is 0 Å². The Morgan fingerprint density at radius 3 is 2.63 bits per heavy atom. The molecule has 1 heterocycles. The van der Waals surface area contributed by atoms with E-state index in [9.17, 15) is 9.90 Å². The monoisotopic (exact) mass is 294 g/mol. The maximum absolute atomic E-state index is 12.3. The molecule has 1 fully saturated rings. The molecule has 1 aliphatic rings. The molecule has 114 valence electrons. The molecule has 1 saturated heterocycles. The summed E-state index contributed by atoms with van der Waals surface area (Å²) in [6.07, 6.45) is 2.63. The molecule has 6 heteroatoms. The molecule has 1 amide bonds. The molecular formula is C13H27ClN2O3. The third-order valence-corrected chi connectivity index (χ3v) is 3.70. The lowest BCUT2D eigenvalue weighted by molar-refractivity contribution is -0.136. The second-order valence-corrected chi connectivity index (χ2v) is 5.07. The van der Waals surface area contributed by atoms with Crippen molar-refractivity contribution in [2.75, 3.05) is 33.4 Å². The molecule has 5 nitrogen and oxygen atoms in total. The molecule has 0 bridgehead atoms. The van der Waals surface area contributed by atoms with Gasteiger partial charge in [0.2, 0.25) is 5.91 Å². The number of hydrogen-bond donors (Lipinski definition) is 3. The van der Waals surface area contributed by atoms with E-state index in [1.807, 2.05) is 6.92 Å². The maximum Gasteiger partial charge on any atom is 0.228 e. The van der Waals surface area contributed by atoms with E-state index in [0.29, 0.717) is 19.6 Å². The summed E-state index contributed by atoms with van der Waals surface area (Å²) in [5, 5.41) is 15.7. The van der Waals surface area contributed by atoms with Gasteiger partial charge in [-0.15, -0.1) is 12.4 Å². The number of hydrogen-bond acceptors (Lipinski definition) is 4. The van der Waals surface area contributed by atoms with Gasteiger partial charge in [0.1, 0.15) is 0 Å². The van der Waals surface area contributed by atoms with Crippen LogP contribution >= 0.6 is 12.4 Å². The molecule has 0 radical (unpaired) electrons. The zero-order valence-electron chi connectivity index (χ0n) is 11.9. The van der Waals surface area contributed by atoms with E-state index in [1.165, 1.54) is 0 Å². The Labute approximate surface area is 121 Å². The normalized spacial score (nSPS) is 19.3. The van der Waals surface area contributed by atoms with Crippen LogP contribution in [0.3, 0.4) is 0 Å². The highest BCUT2D eigenvalue weighted by Gasteiger charge is 2.39. The molecule has 0 aromatic heterocycles. The van der Waals surface area contributed by atoms with Crippen LogP contribution in [0.25, 0.3) is 0 Å². The number of halogens is 1. The zero-order valence-corrected chi connectivity index (χ0v) is 12.7. The molecule has 1 unspecified atom stereocenters. The summed E-state index contributed by atoms with van der Waals surface area (Å²) >= 11 is 0. The number of aliphatic hydroxyl groups is 1. The van der Waals surface area contributed by atoms with Gasteiger partial charge in [0.25, 0.3) is 0 Å². The minimum atomic E-state index is -0.392. The van der Waals surface area contributed by atoms with Gasteiger partial charge in [-0.3, -0.25) is 4.79 Å². The lowest BCUT2D eigenvalue weighted by Crippen LogP contribution is -2.50. The molecule has 19 heavy (non-hydrogen) atoms. The SMILES string of the molecule is CCC(O)CCNC(=O)C1(COC)CCNCC1.Cl. The van der Waals surface area contributed by atoms with Crippen LogP contribution in [-0.4, -0.2) is 50.5 Å².